The molecule has 8 nitrogen and oxygen atoms in total. The van der Waals surface area contributed by atoms with E-state index in [4.69, 9.17) is 14.5 Å². The van der Waals surface area contributed by atoms with E-state index in [2.05, 4.69) is 10.00 Å². The summed E-state index contributed by atoms with van der Waals surface area (Å²) in [7, 11) is 3.43. The monoisotopic (exact) mass is 415 g/mol. The van der Waals surface area contributed by atoms with Crippen LogP contribution in [0, 0.1) is 0 Å². The van der Waals surface area contributed by atoms with Crippen molar-refractivity contribution in [3.8, 4) is 5.75 Å². The summed E-state index contributed by atoms with van der Waals surface area (Å²) in [5.74, 6) is 0.697. The number of nitrogens with zero attached hydrogens (tertiary/aromatic N) is 5. The Balaban J connectivity index is 1.57. The fourth-order valence-corrected chi connectivity index (χ4v) is 4.44. The molecule has 9 heteroatoms. The maximum absolute atomic E-state index is 13.3. The summed E-state index contributed by atoms with van der Waals surface area (Å²) in [5, 5.41) is 4.84. The van der Waals surface area contributed by atoms with Gasteiger partial charge >= 0.3 is 0 Å². The van der Waals surface area contributed by atoms with Crippen molar-refractivity contribution in [3.63, 3.8) is 0 Å². The number of thiazole rings is 1. The van der Waals surface area contributed by atoms with E-state index in [1.165, 1.54) is 11.3 Å². The molecule has 3 heterocycles. The van der Waals surface area contributed by atoms with E-state index in [0.717, 1.165) is 55.2 Å². The fraction of sp³-hybridized carbons (Fsp3) is 0.450. The first-order valence-corrected chi connectivity index (χ1v) is 10.5. The van der Waals surface area contributed by atoms with Crippen LogP contribution in [0.4, 0.5) is 5.13 Å². The Hall–Kier alpha value is -2.49. The largest absolute Gasteiger partial charge is 0.497 e. The first-order valence-electron chi connectivity index (χ1n) is 9.70. The summed E-state index contributed by atoms with van der Waals surface area (Å²) in [5.41, 5.74) is 1.41. The zero-order chi connectivity index (χ0) is 20.2. The van der Waals surface area contributed by atoms with Crippen molar-refractivity contribution in [2.75, 3.05) is 51.4 Å². The summed E-state index contributed by atoms with van der Waals surface area (Å²) in [6.07, 6.45) is 2.51. The molecule has 2 aromatic heterocycles. The Labute approximate surface area is 173 Å². The third-order valence-corrected chi connectivity index (χ3v) is 6.10. The number of aromatic nitrogens is 3. The van der Waals surface area contributed by atoms with Crippen LogP contribution in [-0.4, -0.2) is 72.1 Å². The van der Waals surface area contributed by atoms with E-state index in [1.54, 1.807) is 36.0 Å². The normalized spacial score (nSPS) is 15.0. The summed E-state index contributed by atoms with van der Waals surface area (Å²) in [6.45, 7) is 4.96. The highest BCUT2D eigenvalue weighted by atomic mass is 32.1. The van der Waals surface area contributed by atoms with Gasteiger partial charge < -0.3 is 9.47 Å². The second-order valence-corrected chi connectivity index (χ2v) is 7.94. The van der Waals surface area contributed by atoms with Crippen LogP contribution in [0.15, 0.2) is 30.5 Å². The molecule has 0 N–H and O–H groups in total. The second-order valence-electron chi connectivity index (χ2n) is 6.93. The zero-order valence-electron chi connectivity index (χ0n) is 16.7. The van der Waals surface area contributed by atoms with Crippen LogP contribution in [0.1, 0.15) is 16.9 Å². The second kappa shape index (κ2) is 8.89. The van der Waals surface area contributed by atoms with Gasteiger partial charge in [-0.2, -0.15) is 5.10 Å². The number of anilines is 1. The van der Waals surface area contributed by atoms with Gasteiger partial charge in [0.05, 0.1) is 30.5 Å². The van der Waals surface area contributed by atoms with Gasteiger partial charge in [-0.3, -0.25) is 19.3 Å². The van der Waals surface area contributed by atoms with Crippen molar-refractivity contribution < 1.29 is 14.3 Å². The van der Waals surface area contributed by atoms with E-state index in [0.29, 0.717) is 17.4 Å². The molecule has 1 amide bonds. The van der Waals surface area contributed by atoms with Crippen LogP contribution in [0.5, 0.6) is 5.75 Å². The number of hydrogen-bond donors (Lipinski definition) is 0. The van der Waals surface area contributed by atoms with Gasteiger partial charge in [0.15, 0.2) is 5.13 Å². The predicted molar refractivity (Wildman–Crippen MR) is 113 cm³/mol. The molecule has 0 unspecified atom stereocenters. The number of carbonyl (C=O) groups is 1. The molecule has 0 radical (unpaired) electrons. The molecule has 1 aromatic carbocycles. The highest BCUT2D eigenvalue weighted by Crippen LogP contribution is 2.32. The topological polar surface area (TPSA) is 72.7 Å². The fourth-order valence-electron chi connectivity index (χ4n) is 3.42. The maximum Gasteiger partial charge on any atom is 0.278 e. The molecule has 0 atom stereocenters. The molecule has 1 fully saturated rings. The molecule has 29 heavy (non-hydrogen) atoms. The van der Waals surface area contributed by atoms with Crippen LogP contribution < -0.4 is 9.64 Å². The Morgan fingerprint density at radius 2 is 2.14 bits per heavy atom. The van der Waals surface area contributed by atoms with E-state index in [9.17, 15) is 4.79 Å². The minimum atomic E-state index is -0.0852. The van der Waals surface area contributed by atoms with E-state index >= 15 is 0 Å². The van der Waals surface area contributed by atoms with Crippen molar-refractivity contribution in [2.45, 2.75) is 6.42 Å². The lowest BCUT2D eigenvalue weighted by Crippen LogP contribution is -2.39. The minimum absolute atomic E-state index is 0.0852. The number of fused-ring (bicyclic) bond motifs is 1. The molecular weight excluding hydrogens is 390 g/mol. The number of aryl methyl sites for hydroxylation is 1. The quantitative estimate of drug-likeness (QED) is 0.590. The number of ether oxygens (including phenoxy) is 2. The molecule has 0 saturated carbocycles. The zero-order valence-corrected chi connectivity index (χ0v) is 17.5. The molecule has 0 aliphatic carbocycles. The number of morpholine rings is 1. The van der Waals surface area contributed by atoms with E-state index < -0.39 is 0 Å². The summed E-state index contributed by atoms with van der Waals surface area (Å²) < 4.78 is 13.3. The van der Waals surface area contributed by atoms with Crippen molar-refractivity contribution in [1.82, 2.24) is 19.7 Å². The van der Waals surface area contributed by atoms with Gasteiger partial charge in [-0.05, 0) is 30.7 Å². The Kier molecular flexibility index (Phi) is 6.08. The maximum atomic E-state index is 13.3. The van der Waals surface area contributed by atoms with Crippen LogP contribution in [-0.2, 0) is 11.8 Å². The van der Waals surface area contributed by atoms with Gasteiger partial charge in [0, 0.05) is 39.4 Å². The molecule has 1 aliphatic rings. The average Bonchev–Trinajstić information content (AvgIpc) is 3.36. The van der Waals surface area contributed by atoms with Crippen LogP contribution in [0.25, 0.3) is 10.2 Å². The summed E-state index contributed by atoms with van der Waals surface area (Å²) in [6, 6.07) is 7.51. The van der Waals surface area contributed by atoms with Crippen molar-refractivity contribution in [1.29, 1.82) is 0 Å². The number of amides is 1. The van der Waals surface area contributed by atoms with Crippen LogP contribution in [0.2, 0.25) is 0 Å². The molecule has 0 bridgehead atoms. The number of benzene rings is 1. The lowest BCUT2D eigenvalue weighted by Gasteiger charge is -2.27. The van der Waals surface area contributed by atoms with Crippen molar-refractivity contribution in [3.05, 3.63) is 36.2 Å². The highest BCUT2D eigenvalue weighted by molar-refractivity contribution is 7.22. The third-order valence-electron chi connectivity index (χ3n) is 5.06. The SMILES string of the molecule is COc1ccc2nc(N(CCCN3CCOCC3)C(=O)c3ccnn3C)sc2c1. The van der Waals surface area contributed by atoms with Crippen LogP contribution >= 0.6 is 11.3 Å². The minimum Gasteiger partial charge on any atom is -0.497 e. The lowest BCUT2D eigenvalue weighted by molar-refractivity contribution is 0.0376. The van der Waals surface area contributed by atoms with E-state index in [-0.39, 0.29) is 5.91 Å². The van der Waals surface area contributed by atoms with Crippen molar-refractivity contribution in [2.24, 2.45) is 7.05 Å². The van der Waals surface area contributed by atoms with Gasteiger partial charge in [0.2, 0.25) is 0 Å². The van der Waals surface area contributed by atoms with Gasteiger partial charge in [-0.25, -0.2) is 4.98 Å². The average molecular weight is 416 g/mol. The molecule has 1 aliphatic heterocycles. The Morgan fingerprint density at radius 1 is 1.31 bits per heavy atom. The predicted octanol–water partition coefficient (Wildman–Crippen LogP) is 2.41. The highest BCUT2D eigenvalue weighted by Gasteiger charge is 2.24. The first kappa shape index (κ1) is 19.8. The summed E-state index contributed by atoms with van der Waals surface area (Å²) in [4.78, 5) is 22.1. The van der Waals surface area contributed by atoms with E-state index in [1.807, 2.05) is 18.2 Å². The molecule has 3 aromatic rings. The van der Waals surface area contributed by atoms with Crippen molar-refractivity contribution >= 4 is 32.6 Å². The van der Waals surface area contributed by atoms with Crippen LogP contribution in [0.3, 0.4) is 0 Å². The Morgan fingerprint density at radius 3 is 2.86 bits per heavy atom. The molecular formula is C20H25N5O3S. The lowest BCUT2D eigenvalue weighted by atomic mass is 10.3. The molecule has 1 saturated heterocycles. The third kappa shape index (κ3) is 4.42. The molecule has 154 valence electrons. The number of hydrogen-bond acceptors (Lipinski definition) is 7. The molecule has 0 spiro atoms. The summed E-state index contributed by atoms with van der Waals surface area (Å²) >= 11 is 1.50. The van der Waals surface area contributed by atoms with Gasteiger partial charge in [0.1, 0.15) is 11.4 Å². The number of carbonyl (C=O) groups excluding carboxylic acids is 1. The molecule has 4 rings (SSSR count). The number of methoxy groups -OCH3 is 1. The number of rotatable bonds is 7. The first-order chi connectivity index (χ1) is 14.2. The smallest absolute Gasteiger partial charge is 0.278 e. The van der Waals surface area contributed by atoms with Gasteiger partial charge in [-0.15, -0.1) is 0 Å². The Bertz CT molecular complexity index is 980. The standard InChI is InChI=1S/C20H25N5O3S/c1-23-17(6-7-21-23)19(26)25(9-3-8-24-10-12-28-13-11-24)20-22-16-5-4-15(27-2)14-18(16)29-20/h4-7,14H,3,8-13H2,1-2H3. The van der Waals surface area contributed by atoms with Gasteiger partial charge in [-0.1, -0.05) is 11.3 Å². The van der Waals surface area contributed by atoms with Gasteiger partial charge in [0.25, 0.3) is 5.91 Å².